The minimum absolute atomic E-state index is 0.00469. The second kappa shape index (κ2) is 9.47. The van der Waals surface area contributed by atoms with Crippen molar-refractivity contribution in [1.82, 2.24) is 10.0 Å². The maximum absolute atomic E-state index is 13.0. The highest BCUT2D eigenvalue weighted by Crippen LogP contribution is 2.11. The number of amides is 1. The molecule has 2 aromatic rings. The first-order valence-electron chi connectivity index (χ1n) is 9.86. The first kappa shape index (κ1) is 21.4. The lowest BCUT2D eigenvalue weighted by atomic mass is 10.1. The number of hydrogen-bond acceptors (Lipinski definition) is 3. The summed E-state index contributed by atoms with van der Waals surface area (Å²) in [5.74, 6) is -0.611. The maximum atomic E-state index is 13.0. The first-order valence-corrected chi connectivity index (χ1v) is 11.3. The molecule has 8 heteroatoms. The van der Waals surface area contributed by atoms with Gasteiger partial charge in [0, 0.05) is 24.9 Å². The van der Waals surface area contributed by atoms with Gasteiger partial charge < -0.3 is 10.2 Å². The summed E-state index contributed by atoms with van der Waals surface area (Å²) in [7, 11) is -3.73. The van der Waals surface area contributed by atoms with Gasteiger partial charge in [0.05, 0.1) is 24.5 Å². The fraction of sp³-hybridized carbons (Fsp3) is 0.381. The molecule has 2 atom stereocenters. The molecule has 0 radical (unpaired) electrons. The standard InChI is InChI=1S/C21H26FN3O3S/c1-2-25-13-3-4-19(25)15-23-21(26)17-7-5-16(6-8-17)14-24-29(27,28)20-11-9-18(22)10-12-20/h5-12,19,24H,2-4,13-15H2,1H3,(H,23,26)/p+1. The number of quaternary nitrogens is 1. The number of likely N-dealkylation sites (tertiary alicyclic amines) is 1. The molecule has 6 nitrogen and oxygen atoms in total. The average molecular weight is 421 g/mol. The second-order valence-corrected chi connectivity index (χ2v) is 9.05. The van der Waals surface area contributed by atoms with Gasteiger partial charge in [-0.1, -0.05) is 12.1 Å². The maximum Gasteiger partial charge on any atom is 0.251 e. The molecule has 1 fully saturated rings. The Bertz CT molecular complexity index is 931. The SMILES string of the molecule is CC[NH+]1CCCC1CNC(=O)c1ccc(CNS(=O)(=O)c2ccc(F)cc2)cc1. The lowest BCUT2D eigenvalue weighted by Gasteiger charge is -2.20. The lowest BCUT2D eigenvalue weighted by Crippen LogP contribution is -3.14. The smallest absolute Gasteiger partial charge is 0.251 e. The summed E-state index contributed by atoms with van der Waals surface area (Å²) >= 11 is 0. The van der Waals surface area contributed by atoms with Crippen molar-refractivity contribution in [3.8, 4) is 0 Å². The number of sulfonamides is 1. The van der Waals surface area contributed by atoms with Crippen molar-refractivity contribution >= 4 is 15.9 Å². The Kier molecular flexibility index (Phi) is 7.00. The van der Waals surface area contributed by atoms with Gasteiger partial charge in [-0.05, 0) is 48.9 Å². The van der Waals surface area contributed by atoms with Crippen LogP contribution in [0.25, 0.3) is 0 Å². The van der Waals surface area contributed by atoms with Crippen molar-refractivity contribution in [3.63, 3.8) is 0 Å². The fourth-order valence-electron chi connectivity index (χ4n) is 3.66. The Morgan fingerprint density at radius 3 is 2.48 bits per heavy atom. The van der Waals surface area contributed by atoms with E-state index in [0.29, 0.717) is 18.2 Å². The molecule has 3 rings (SSSR count). The zero-order valence-corrected chi connectivity index (χ0v) is 17.3. The van der Waals surface area contributed by atoms with Gasteiger partial charge in [-0.2, -0.15) is 0 Å². The molecule has 0 aromatic heterocycles. The number of carbonyl (C=O) groups is 1. The van der Waals surface area contributed by atoms with Crippen molar-refractivity contribution in [1.29, 1.82) is 0 Å². The first-order chi connectivity index (χ1) is 13.9. The van der Waals surface area contributed by atoms with Crippen LogP contribution in [0.15, 0.2) is 53.4 Å². The largest absolute Gasteiger partial charge is 0.346 e. The third-order valence-electron chi connectivity index (χ3n) is 5.40. The Morgan fingerprint density at radius 1 is 1.14 bits per heavy atom. The lowest BCUT2D eigenvalue weighted by molar-refractivity contribution is -0.909. The molecule has 0 bridgehead atoms. The monoisotopic (exact) mass is 420 g/mol. The van der Waals surface area contributed by atoms with Gasteiger partial charge in [0.2, 0.25) is 10.0 Å². The van der Waals surface area contributed by atoms with E-state index in [2.05, 4.69) is 17.0 Å². The van der Waals surface area contributed by atoms with Crippen molar-refractivity contribution < 1.29 is 22.5 Å². The number of likely N-dealkylation sites (N-methyl/N-ethyl adjacent to an activating group) is 1. The van der Waals surface area contributed by atoms with Crippen molar-refractivity contribution in [2.24, 2.45) is 0 Å². The molecular formula is C21H27FN3O3S+. The topological polar surface area (TPSA) is 79.7 Å². The summed E-state index contributed by atoms with van der Waals surface area (Å²) in [6.45, 7) is 5.15. The third kappa shape index (κ3) is 5.62. The summed E-state index contributed by atoms with van der Waals surface area (Å²) in [4.78, 5) is 13.9. The zero-order chi connectivity index (χ0) is 20.9. The molecular weight excluding hydrogens is 393 g/mol. The molecule has 156 valence electrons. The molecule has 0 aliphatic carbocycles. The summed E-state index contributed by atoms with van der Waals surface area (Å²) < 4.78 is 39.9. The highest BCUT2D eigenvalue weighted by molar-refractivity contribution is 7.89. The van der Waals surface area contributed by atoms with Crippen molar-refractivity contribution in [2.45, 2.75) is 37.2 Å². The Labute approximate surface area is 171 Å². The van der Waals surface area contributed by atoms with Crippen LogP contribution in [0.1, 0.15) is 35.7 Å². The van der Waals surface area contributed by atoms with Gasteiger partial charge in [-0.15, -0.1) is 0 Å². The minimum Gasteiger partial charge on any atom is -0.346 e. The quantitative estimate of drug-likeness (QED) is 0.598. The van der Waals surface area contributed by atoms with Gasteiger partial charge in [-0.25, -0.2) is 17.5 Å². The Morgan fingerprint density at radius 2 is 1.83 bits per heavy atom. The van der Waals surface area contributed by atoms with Gasteiger partial charge >= 0.3 is 0 Å². The van der Waals surface area contributed by atoms with E-state index >= 15 is 0 Å². The van der Waals surface area contributed by atoms with E-state index < -0.39 is 15.8 Å². The third-order valence-corrected chi connectivity index (χ3v) is 6.81. The van der Waals surface area contributed by atoms with Crippen LogP contribution >= 0.6 is 0 Å². The highest BCUT2D eigenvalue weighted by Gasteiger charge is 2.27. The molecule has 0 spiro atoms. The van der Waals surface area contributed by atoms with Gasteiger partial charge in [0.1, 0.15) is 11.9 Å². The van der Waals surface area contributed by atoms with E-state index in [1.807, 2.05) is 0 Å². The van der Waals surface area contributed by atoms with Crippen molar-refractivity contribution in [3.05, 3.63) is 65.5 Å². The highest BCUT2D eigenvalue weighted by atomic mass is 32.2. The van der Waals surface area contributed by atoms with Crippen LogP contribution < -0.4 is 14.9 Å². The number of nitrogens with one attached hydrogen (secondary N) is 3. The van der Waals surface area contributed by atoms with E-state index in [-0.39, 0.29) is 17.3 Å². The number of carbonyl (C=O) groups excluding carboxylic acids is 1. The number of rotatable bonds is 8. The van der Waals surface area contributed by atoms with Gasteiger partial charge in [-0.3, -0.25) is 4.79 Å². The number of benzene rings is 2. The van der Waals surface area contributed by atoms with Crippen LogP contribution in [-0.2, 0) is 16.6 Å². The number of halogens is 1. The summed E-state index contributed by atoms with van der Waals surface area (Å²) in [5.41, 5.74) is 1.27. The van der Waals surface area contributed by atoms with Gasteiger partial charge in [0.15, 0.2) is 0 Å². The molecule has 2 unspecified atom stereocenters. The van der Waals surface area contributed by atoms with E-state index in [9.17, 15) is 17.6 Å². The zero-order valence-electron chi connectivity index (χ0n) is 16.4. The van der Waals surface area contributed by atoms with Crippen LogP contribution in [-0.4, -0.2) is 40.0 Å². The number of hydrogen-bond donors (Lipinski definition) is 3. The molecule has 1 amide bonds. The van der Waals surface area contributed by atoms with Crippen LogP contribution in [0.2, 0.25) is 0 Å². The molecule has 0 saturated carbocycles. The van der Waals surface area contributed by atoms with E-state index in [0.717, 1.165) is 30.7 Å². The van der Waals surface area contributed by atoms with Crippen molar-refractivity contribution in [2.75, 3.05) is 19.6 Å². The predicted octanol–water partition coefficient (Wildman–Crippen LogP) is 1.10. The molecule has 29 heavy (non-hydrogen) atoms. The molecule has 3 N–H and O–H groups in total. The van der Waals surface area contributed by atoms with Gasteiger partial charge in [0.25, 0.3) is 5.91 Å². The summed E-state index contributed by atoms with van der Waals surface area (Å²) in [6.07, 6.45) is 2.34. The van der Waals surface area contributed by atoms with E-state index in [4.69, 9.17) is 0 Å². The Balaban J connectivity index is 1.53. The molecule has 1 saturated heterocycles. The normalized spacial score (nSPS) is 19.2. The van der Waals surface area contributed by atoms with E-state index in [1.54, 1.807) is 24.3 Å². The van der Waals surface area contributed by atoms with Crippen LogP contribution in [0.5, 0.6) is 0 Å². The average Bonchev–Trinajstić information content (AvgIpc) is 3.19. The second-order valence-electron chi connectivity index (χ2n) is 7.29. The van der Waals surface area contributed by atoms with Crippen LogP contribution in [0.3, 0.4) is 0 Å². The predicted molar refractivity (Wildman–Crippen MR) is 109 cm³/mol. The van der Waals surface area contributed by atoms with Crippen LogP contribution in [0.4, 0.5) is 4.39 Å². The molecule has 1 heterocycles. The summed E-state index contributed by atoms with van der Waals surface area (Å²) in [5, 5.41) is 3.01. The molecule has 1 aliphatic heterocycles. The fourth-order valence-corrected chi connectivity index (χ4v) is 4.68. The summed E-state index contributed by atoms with van der Waals surface area (Å²) in [6, 6.07) is 12.0. The molecule has 1 aliphatic rings. The Hall–Kier alpha value is -2.29. The minimum atomic E-state index is -3.73. The molecule has 2 aromatic carbocycles. The van der Waals surface area contributed by atoms with Crippen LogP contribution in [0, 0.1) is 5.82 Å². The van der Waals surface area contributed by atoms with E-state index in [1.165, 1.54) is 30.0 Å².